The van der Waals surface area contributed by atoms with Crippen LogP contribution >= 0.6 is 11.5 Å². The van der Waals surface area contributed by atoms with Crippen LogP contribution in [0.5, 0.6) is 0 Å². The van der Waals surface area contributed by atoms with Crippen LogP contribution in [0.3, 0.4) is 0 Å². The van der Waals surface area contributed by atoms with Gasteiger partial charge in [0.05, 0.1) is 24.3 Å². The van der Waals surface area contributed by atoms with Crippen molar-refractivity contribution in [1.29, 1.82) is 0 Å². The third kappa shape index (κ3) is 3.65. The molecule has 152 valence electrons. The summed E-state index contributed by atoms with van der Waals surface area (Å²) in [4.78, 5) is 30.8. The molecule has 0 atom stereocenters. The maximum Gasteiger partial charge on any atom is 0.433 e. The average Bonchev–Trinajstić information content (AvgIpc) is 3.04. The molecule has 29 heavy (non-hydrogen) atoms. The number of halogens is 3. The second kappa shape index (κ2) is 7.27. The summed E-state index contributed by atoms with van der Waals surface area (Å²) in [6, 6.07) is 6.90. The van der Waals surface area contributed by atoms with Crippen LogP contribution in [0.4, 0.5) is 13.2 Å². The fourth-order valence-electron chi connectivity index (χ4n) is 3.14. The van der Waals surface area contributed by atoms with E-state index in [2.05, 4.69) is 4.98 Å². The molecule has 0 spiro atoms. The van der Waals surface area contributed by atoms with Crippen LogP contribution in [-0.2, 0) is 10.9 Å². The standard InChI is InChI=1S/C19H16F3N3O3S/c1-11-2-3-12(10-14(11)17(26)24-6-8-28-9-7-24)25-18(27)13-4-5-15(19(20,21)22)23-16(13)29-25/h2-5,10H,6-9H2,1H3. The monoisotopic (exact) mass is 423 g/mol. The lowest BCUT2D eigenvalue weighted by atomic mass is 10.1. The van der Waals surface area contributed by atoms with E-state index in [0.717, 1.165) is 29.2 Å². The van der Waals surface area contributed by atoms with Gasteiger partial charge in [0.25, 0.3) is 11.5 Å². The predicted octanol–water partition coefficient (Wildman–Crippen LogP) is 3.25. The van der Waals surface area contributed by atoms with E-state index in [1.807, 2.05) is 0 Å². The van der Waals surface area contributed by atoms with Gasteiger partial charge in [0.2, 0.25) is 0 Å². The highest BCUT2D eigenvalue weighted by Gasteiger charge is 2.33. The van der Waals surface area contributed by atoms with E-state index >= 15 is 0 Å². The minimum atomic E-state index is -4.59. The van der Waals surface area contributed by atoms with Crippen LogP contribution in [0.1, 0.15) is 21.6 Å². The first-order valence-electron chi connectivity index (χ1n) is 8.84. The van der Waals surface area contributed by atoms with Crippen LogP contribution < -0.4 is 5.56 Å². The van der Waals surface area contributed by atoms with Gasteiger partial charge in [-0.1, -0.05) is 6.07 Å². The number of fused-ring (bicyclic) bond motifs is 1. The number of carbonyl (C=O) groups excluding carboxylic acids is 1. The summed E-state index contributed by atoms with van der Waals surface area (Å²) in [5, 5.41) is 0.102. The molecular weight excluding hydrogens is 407 g/mol. The fourth-order valence-corrected chi connectivity index (χ4v) is 4.11. The average molecular weight is 423 g/mol. The van der Waals surface area contributed by atoms with Crippen molar-refractivity contribution in [3.63, 3.8) is 0 Å². The molecule has 1 aliphatic heterocycles. The summed E-state index contributed by atoms with van der Waals surface area (Å²) in [7, 11) is 0. The maximum absolute atomic E-state index is 12.9. The van der Waals surface area contributed by atoms with E-state index in [0.29, 0.717) is 37.6 Å². The van der Waals surface area contributed by atoms with Gasteiger partial charge in [-0.2, -0.15) is 13.2 Å². The molecule has 0 N–H and O–H groups in total. The van der Waals surface area contributed by atoms with Gasteiger partial charge in [-0.25, -0.2) is 8.94 Å². The molecule has 1 fully saturated rings. The molecule has 0 bridgehead atoms. The Morgan fingerprint density at radius 2 is 1.90 bits per heavy atom. The van der Waals surface area contributed by atoms with Gasteiger partial charge in [0.15, 0.2) is 0 Å². The summed E-state index contributed by atoms with van der Waals surface area (Å²) < 4.78 is 45.3. The lowest BCUT2D eigenvalue weighted by molar-refractivity contribution is -0.140. The largest absolute Gasteiger partial charge is 0.433 e. The molecule has 3 aromatic rings. The molecule has 1 aliphatic rings. The highest BCUT2D eigenvalue weighted by molar-refractivity contribution is 7.13. The van der Waals surface area contributed by atoms with Gasteiger partial charge in [-0.15, -0.1) is 0 Å². The molecule has 0 unspecified atom stereocenters. The van der Waals surface area contributed by atoms with E-state index in [9.17, 15) is 22.8 Å². The van der Waals surface area contributed by atoms with Crippen molar-refractivity contribution < 1.29 is 22.7 Å². The van der Waals surface area contributed by atoms with E-state index < -0.39 is 17.4 Å². The number of hydrogen-bond acceptors (Lipinski definition) is 5. The van der Waals surface area contributed by atoms with Crippen molar-refractivity contribution in [3.8, 4) is 5.69 Å². The number of carbonyl (C=O) groups is 1. The van der Waals surface area contributed by atoms with Crippen LogP contribution in [0.2, 0.25) is 0 Å². The smallest absolute Gasteiger partial charge is 0.378 e. The highest BCUT2D eigenvalue weighted by Crippen LogP contribution is 2.30. The second-order valence-electron chi connectivity index (χ2n) is 6.64. The molecule has 0 aliphatic carbocycles. The topological polar surface area (TPSA) is 64.4 Å². The van der Waals surface area contributed by atoms with E-state index in [1.165, 1.54) is 3.96 Å². The van der Waals surface area contributed by atoms with Crippen molar-refractivity contribution in [2.75, 3.05) is 26.3 Å². The summed E-state index contributed by atoms with van der Waals surface area (Å²) in [6.45, 7) is 3.69. The number of ether oxygens (including phenoxy) is 1. The Bertz CT molecular complexity index is 1150. The first kappa shape index (κ1) is 19.6. The van der Waals surface area contributed by atoms with Gasteiger partial charge in [0, 0.05) is 18.7 Å². The number of alkyl halides is 3. The van der Waals surface area contributed by atoms with E-state index in [4.69, 9.17) is 4.74 Å². The zero-order valence-corrected chi connectivity index (χ0v) is 16.1. The molecule has 2 aromatic heterocycles. The summed E-state index contributed by atoms with van der Waals surface area (Å²) in [6.07, 6.45) is -4.59. The second-order valence-corrected chi connectivity index (χ2v) is 7.58. The zero-order chi connectivity index (χ0) is 20.8. The Balaban J connectivity index is 1.77. The minimum Gasteiger partial charge on any atom is -0.378 e. The third-order valence-electron chi connectivity index (χ3n) is 4.73. The molecule has 0 saturated carbocycles. The van der Waals surface area contributed by atoms with Crippen LogP contribution in [0.25, 0.3) is 15.9 Å². The quantitative estimate of drug-likeness (QED) is 0.635. The van der Waals surface area contributed by atoms with Gasteiger partial charge in [-0.3, -0.25) is 9.59 Å². The number of aryl methyl sites for hydroxylation is 1. The van der Waals surface area contributed by atoms with Crippen molar-refractivity contribution in [2.45, 2.75) is 13.1 Å². The molecule has 4 rings (SSSR count). The number of amides is 1. The van der Waals surface area contributed by atoms with E-state index in [-0.39, 0.29) is 16.1 Å². The number of morpholine rings is 1. The third-order valence-corrected chi connectivity index (χ3v) is 5.77. The Morgan fingerprint density at radius 3 is 2.59 bits per heavy atom. The molecular formula is C19H16F3N3O3S. The molecule has 1 amide bonds. The maximum atomic E-state index is 12.9. The van der Waals surface area contributed by atoms with Crippen LogP contribution in [0, 0.1) is 6.92 Å². The summed E-state index contributed by atoms with van der Waals surface area (Å²) in [5.41, 5.74) is 0.0775. The normalized spacial score (nSPS) is 15.1. The number of nitrogens with zero attached hydrogens (tertiary/aromatic N) is 3. The Labute approximate surface area is 167 Å². The molecule has 6 nitrogen and oxygen atoms in total. The number of hydrogen-bond donors (Lipinski definition) is 0. The molecule has 1 saturated heterocycles. The van der Waals surface area contributed by atoms with Gasteiger partial charge >= 0.3 is 6.18 Å². The lowest BCUT2D eigenvalue weighted by Gasteiger charge is -2.27. The van der Waals surface area contributed by atoms with Crippen LogP contribution in [0.15, 0.2) is 35.1 Å². The summed E-state index contributed by atoms with van der Waals surface area (Å²) in [5.74, 6) is -0.167. The number of aromatic nitrogens is 2. The zero-order valence-electron chi connectivity index (χ0n) is 15.3. The lowest BCUT2D eigenvalue weighted by Crippen LogP contribution is -2.41. The highest BCUT2D eigenvalue weighted by atomic mass is 32.1. The molecule has 1 aromatic carbocycles. The summed E-state index contributed by atoms with van der Waals surface area (Å²) >= 11 is 0.817. The Hall–Kier alpha value is -2.72. The molecule has 3 heterocycles. The van der Waals surface area contributed by atoms with Crippen LogP contribution in [-0.4, -0.2) is 46.1 Å². The predicted molar refractivity (Wildman–Crippen MR) is 102 cm³/mol. The molecule has 10 heteroatoms. The number of rotatable bonds is 2. The van der Waals surface area contributed by atoms with Crippen molar-refractivity contribution in [1.82, 2.24) is 13.8 Å². The van der Waals surface area contributed by atoms with Gasteiger partial charge in [0.1, 0.15) is 10.5 Å². The number of benzene rings is 1. The van der Waals surface area contributed by atoms with E-state index in [1.54, 1.807) is 30.0 Å². The Morgan fingerprint density at radius 1 is 1.17 bits per heavy atom. The first-order chi connectivity index (χ1) is 13.8. The van der Waals surface area contributed by atoms with Gasteiger partial charge in [-0.05, 0) is 48.3 Å². The van der Waals surface area contributed by atoms with Crippen molar-refractivity contribution in [2.24, 2.45) is 0 Å². The number of pyridine rings is 1. The van der Waals surface area contributed by atoms with Gasteiger partial charge < -0.3 is 9.64 Å². The minimum absolute atomic E-state index is 0.00791. The Kier molecular flexibility index (Phi) is 4.91. The van der Waals surface area contributed by atoms with Crippen molar-refractivity contribution in [3.05, 3.63) is 57.5 Å². The first-order valence-corrected chi connectivity index (χ1v) is 9.61. The fraction of sp³-hybridized carbons (Fsp3) is 0.316. The van der Waals surface area contributed by atoms with Crippen molar-refractivity contribution >= 4 is 27.7 Å². The SMILES string of the molecule is Cc1ccc(-n2sc3nc(C(F)(F)F)ccc3c2=O)cc1C(=O)N1CCOCC1. The molecule has 0 radical (unpaired) electrons.